The molecule has 3 aromatic carbocycles. The molecule has 3 rings (SSSR count). The van der Waals surface area contributed by atoms with Crippen molar-refractivity contribution >= 4 is 62.9 Å². The van der Waals surface area contributed by atoms with Gasteiger partial charge in [-0.3, -0.25) is 4.79 Å². The van der Waals surface area contributed by atoms with Gasteiger partial charge < -0.3 is 16.0 Å². The van der Waals surface area contributed by atoms with Crippen molar-refractivity contribution in [2.24, 2.45) is 0 Å². The van der Waals surface area contributed by atoms with Gasteiger partial charge in [0.15, 0.2) is 5.11 Å². The van der Waals surface area contributed by atoms with E-state index in [0.717, 1.165) is 22.0 Å². The highest BCUT2D eigenvalue weighted by molar-refractivity contribution is 7.80. The molecule has 0 aromatic heterocycles. The molecule has 0 heterocycles. The summed E-state index contributed by atoms with van der Waals surface area (Å²) in [5, 5.41) is 11.3. The van der Waals surface area contributed by atoms with E-state index in [1.807, 2.05) is 61.5 Å². The summed E-state index contributed by atoms with van der Waals surface area (Å²) in [4.78, 5) is 11.6. The number of thiocarbonyl (C=S) groups is 1. The minimum Gasteiger partial charge on any atom is -0.340 e. The number of aryl methyl sites for hydroxylation is 1. The molecule has 0 saturated heterocycles. The second-order valence-electron chi connectivity index (χ2n) is 6.28. The van der Waals surface area contributed by atoms with E-state index in [-0.39, 0.29) is 5.91 Å². The molecule has 144 valence electrons. The van der Waals surface area contributed by atoms with Crippen molar-refractivity contribution in [2.45, 2.75) is 17.9 Å². The van der Waals surface area contributed by atoms with Crippen molar-refractivity contribution in [3.8, 4) is 0 Å². The molecule has 0 bridgehead atoms. The zero-order valence-electron chi connectivity index (χ0n) is 15.1. The largest absolute Gasteiger partial charge is 0.340 e. The molecular weight excluding hydrogens is 413 g/mol. The molecule has 0 radical (unpaired) electrons. The molecule has 0 aliphatic carbocycles. The maximum atomic E-state index is 12.5. The smallest absolute Gasteiger partial charge is 0.252 e. The first-order valence-corrected chi connectivity index (χ1v) is 9.93. The van der Waals surface area contributed by atoms with E-state index in [1.54, 1.807) is 12.1 Å². The minimum absolute atomic E-state index is 0.295. The van der Waals surface area contributed by atoms with E-state index in [1.165, 1.54) is 0 Å². The average Bonchev–Trinajstić information content (AvgIpc) is 2.68. The van der Waals surface area contributed by atoms with Gasteiger partial charge in [0, 0.05) is 16.6 Å². The van der Waals surface area contributed by atoms with Gasteiger partial charge in [-0.25, -0.2) is 0 Å². The third kappa shape index (κ3) is 5.13. The molecule has 0 fully saturated rings. The lowest BCUT2D eigenvalue weighted by Crippen LogP contribution is -2.52. The Hall–Kier alpha value is -2.34. The van der Waals surface area contributed by atoms with Gasteiger partial charge in [0.25, 0.3) is 5.91 Å². The standard InChI is InChI=1S/C21H19Cl2N3OS/c1-13-9-11-15(12-10-13)20(27)25-19(18(22)23)26-21(28)24-17-8-4-6-14-5-2-3-7-16(14)17/h2-12,18-19H,1H3,(H,25,27)(H2,24,26,28). The number of nitrogens with one attached hydrogen (secondary N) is 3. The summed E-state index contributed by atoms with van der Waals surface area (Å²) < 4.78 is 0. The zero-order chi connectivity index (χ0) is 20.1. The van der Waals surface area contributed by atoms with Crippen molar-refractivity contribution in [1.82, 2.24) is 10.6 Å². The number of amides is 1. The number of hydrogen-bond donors (Lipinski definition) is 3. The van der Waals surface area contributed by atoms with E-state index in [4.69, 9.17) is 35.4 Å². The van der Waals surface area contributed by atoms with Crippen molar-refractivity contribution in [1.29, 1.82) is 0 Å². The van der Waals surface area contributed by atoms with E-state index < -0.39 is 11.0 Å². The summed E-state index contributed by atoms with van der Waals surface area (Å²) in [6.45, 7) is 1.96. The first kappa shape index (κ1) is 20.4. The van der Waals surface area contributed by atoms with Crippen LogP contribution in [-0.2, 0) is 0 Å². The molecule has 7 heteroatoms. The van der Waals surface area contributed by atoms with Gasteiger partial charge >= 0.3 is 0 Å². The van der Waals surface area contributed by atoms with Crippen LogP contribution in [0.15, 0.2) is 66.7 Å². The summed E-state index contributed by atoms with van der Waals surface area (Å²) >= 11 is 17.5. The highest BCUT2D eigenvalue weighted by Crippen LogP contribution is 2.23. The molecule has 1 amide bonds. The molecule has 28 heavy (non-hydrogen) atoms. The van der Waals surface area contributed by atoms with Crippen molar-refractivity contribution < 1.29 is 4.79 Å². The Morgan fingerprint density at radius 2 is 1.61 bits per heavy atom. The molecular formula is C21H19Cl2N3OS. The number of carbonyl (C=O) groups is 1. The highest BCUT2D eigenvalue weighted by Gasteiger charge is 2.21. The molecule has 0 aliphatic rings. The van der Waals surface area contributed by atoms with Crippen LogP contribution in [0, 0.1) is 6.92 Å². The molecule has 3 N–H and O–H groups in total. The average molecular weight is 432 g/mol. The second-order valence-corrected chi connectivity index (χ2v) is 7.85. The van der Waals surface area contributed by atoms with Crippen LogP contribution in [0.5, 0.6) is 0 Å². The molecule has 1 atom stereocenters. The second kappa shape index (κ2) is 9.24. The number of anilines is 1. The number of fused-ring (bicyclic) bond motifs is 1. The molecule has 0 saturated carbocycles. The highest BCUT2D eigenvalue weighted by atomic mass is 35.5. The zero-order valence-corrected chi connectivity index (χ0v) is 17.4. The van der Waals surface area contributed by atoms with Gasteiger partial charge in [0.1, 0.15) is 11.0 Å². The number of benzene rings is 3. The van der Waals surface area contributed by atoms with Crippen LogP contribution in [-0.4, -0.2) is 22.0 Å². The first-order chi connectivity index (χ1) is 13.4. The maximum Gasteiger partial charge on any atom is 0.252 e. The lowest BCUT2D eigenvalue weighted by molar-refractivity contribution is 0.0936. The number of halogens is 2. The van der Waals surface area contributed by atoms with Gasteiger partial charge in [-0.2, -0.15) is 0 Å². The van der Waals surface area contributed by atoms with Crippen LogP contribution < -0.4 is 16.0 Å². The van der Waals surface area contributed by atoms with Gasteiger partial charge in [0.05, 0.1) is 0 Å². The lowest BCUT2D eigenvalue weighted by Gasteiger charge is -2.23. The predicted molar refractivity (Wildman–Crippen MR) is 121 cm³/mol. The summed E-state index contributed by atoms with van der Waals surface area (Å²) in [5.41, 5.74) is 2.43. The third-order valence-electron chi connectivity index (χ3n) is 4.18. The van der Waals surface area contributed by atoms with Crippen LogP contribution in [0.4, 0.5) is 5.69 Å². The molecule has 3 aromatic rings. The topological polar surface area (TPSA) is 53.2 Å². The van der Waals surface area contributed by atoms with Crippen LogP contribution in [0.1, 0.15) is 15.9 Å². The predicted octanol–water partition coefficient (Wildman–Crippen LogP) is 4.99. The van der Waals surface area contributed by atoms with Crippen LogP contribution >= 0.6 is 35.4 Å². The van der Waals surface area contributed by atoms with E-state index >= 15 is 0 Å². The fourth-order valence-electron chi connectivity index (χ4n) is 2.73. The minimum atomic E-state index is -0.901. The summed E-state index contributed by atoms with van der Waals surface area (Å²) in [5.74, 6) is -0.295. The Bertz CT molecular complexity index is 987. The van der Waals surface area contributed by atoms with Gasteiger partial charge in [-0.05, 0) is 42.7 Å². The monoisotopic (exact) mass is 431 g/mol. The number of hydrogen-bond acceptors (Lipinski definition) is 2. The SMILES string of the molecule is Cc1ccc(C(=O)NC(NC(=S)Nc2cccc3ccccc23)C(Cl)Cl)cc1. The normalized spacial score (nSPS) is 11.9. The van der Waals surface area contributed by atoms with Gasteiger partial charge in [-0.15, -0.1) is 23.2 Å². The van der Waals surface area contributed by atoms with Crippen molar-refractivity contribution in [3.63, 3.8) is 0 Å². The fraction of sp³-hybridized carbons (Fsp3) is 0.143. The molecule has 0 aliphatic heterocycles. The third-order valence-corrected chi connectivity index (χ3v) is 4.90. The van der Waals surface area contributed by atoms with Crippen molar-refractivity contribution in [3.05, 3.63) is 77.9 Å². The Morgan fingerprint density at radius 1 is 0.929 bits per heavy atom. The van der Waals surface area contributed by atoms with E-state index in [0.29, 0.717) is 10.7 Å². The molecule has 1 unspecified atom stereocenters. The first-order valence-electron chi connectivity index (χ1n) is 8.65. The Labute approximate surface area is 179 Å². The van der Waals surface area contributed by atoms with Gasteiger partial charge in [-0.1, -0.05) is 54.1 Å². The summed E-state index contributed by atoms with van der Waals surface area (Å²) in [6.07, 6.45) is -0.757. The van der Waals surface area contributed by atoms with Crippen molar-refractivity contribution in [2.75, 3.05) is 5.32 Å². The van der Waals surface area contributed by atoms with Gasteiger partial charge in [0.2, 0.25) is 0 Å². The Morgan fingerprint density at radius 3 is 2.32 bits per heavy atom. The van der Waals surface area contributed by atoms with Crippen LogP contribution in [0.3, 0.4) is 0 Å². The van der Waals surface area contributed by atoms with Crippen LogP contribution in [0.25, 0.3) is 10.8 Å². The molecule has 4 nitrogen and oxygen atoms in total. The number of alkyl halides is 2. The Balaban J connectivity index is 1.69. The Kier molecular flexibility index (Phi) is 6.73. The quantitative estimate of drug-likeness (QED) is 0.302. The van der Waals surface area contributed by atoms with Crippen LogP contribution in [0.2, 0.25) is 0 Å². The fourth-order valence-corrected chi connectivity index (χ4v) is 3.21. The molecule has 0 spiro atoms. The maximum absolute atomic E-state index is 12.5. The van der Waals surface area contributed by atoms with E-state index in [9.17, 15) is 4.79 Å². The lowest BCUT2D eigenvalue weighted by atomic mass is 10.1. The van der Waals surface area contributed by atoms with E-state index in [2.05, 4.69) is 16.0 Å². The summed E-state index contributed by atoms with van der Waals surface area (Å²) in [7, 11) is 0. The number of carbonyl (C=O) groups excluding carboxylic acids is 1. The number of rotatable bonds is 5. The summed E-state index contributed by atoms with van der Waals surface area (Å²) in [6, 6.07) is 21.1.